The highest BCUT2D eigenvalue weighted by molar-refractivity contribution is 7.45. The van der Waals surface area contributed by atoms with Gasteiger partial charge < -0.3 is 27.9 Å². The molecule has 2 unspecified atom stereocenters. The standard InChI is InChI=1S/C41H80NO7P/c1-6-8-10-12-14-16-18-20-21-23-25-27-29-31-33-36-46-38-40(39-48-50(44,45)47-37-35-42(3,4)5)49-41(43)34-32-30-28-26-24-22-19-17-15-13-11-9-7-2/h17-20,40H,6-16,21-39H2,1-5H3/b19-17-,20-18-. The molecule has 0 aromatic rings. The summed E-state index contributed by atoms with van der Waals surface area (Å²) < 4.78 is 34.5. The summed E-state index contributed by atoms with van der Waals surface area (Å²) in [6.45, 7) is 5.37. The number of esters is 1. The predicted octanol–water partition coefficient (Wildman–Crippen LogP) is 11.0. The number of allylic oxidation sites excluding steroid dienone is 4. The molecule has 0 aliphatic carbocycles. The summed E-state index contributed by atoms with van der Waals surface area (Å²) >= 11 is 0. The first kappa shape index (κ1) is 49.0. The molecule has 0 radical (unpaired) electrons. The molecule has 0 aliphatic heterocycles. The summed E-state index contributed by atoms with van der Waals surface area (Å²) in [5.41, 5.74) is 0. The van der Waals surface area contributed by atoms with Crippen LogP contribution in [0.1, 0.15) is 174 Å². The summed E-state index contributed by atoms with van der Waals surface area (Å²) in [6.07, 6.45) is 37.5. The van der Waals surface area contributed by atoms with Crippen LogP contribution in [0.15, 0.2) is 24.3 Å². The Bertz CT molecular complexity index is 858. The number of phosphoric acid groups is 1. The molecule has 0 saturated carbocycles. The van der Waals surface area contributed by atoms with Crippen molar-refractivity contribution in [2.45, 2.75) is 180 Å². The van der Waals surface area contributed by atoms with Gasteiger partial charge >= 0.3 is 5.97 Å². The second kappa shape index (κ2) is 35.0. The lowest BCUT2D eigenvalue weighted by molar-refractivity contribution is -0.870. The Morgan fingerprint density at radius 3 is 1.54 bits per heavy atom. The Labute approximate surface area is 309 Å². The van der Waals surface area contributed by atoms with Crippen LogP contribution in [0.5, 0.6) is 0 Å². The second-order valence-corrected chi connectivity index (χ2v) is 16.4. The van der Waals surface area contributed by atoms with Crippen LogP contribution < -0.4 is 4.89 Å². The minimum Gasteiger partial charge on any atom is -0.756 e. The predicted molar refractivity (Wildman–Crippen MR) is 208 cm³/mol. The maximum absolute atomic E-state index is 12.6. The van der Waals surface area contributed by atoms with Crippen molar-refractivity contribution in [1.82, 2.24) is 0 Å². The lowest BCUT2D eigenvalue weighted by atomic mass is 10.1. The van der Waals surface area contributed by atoms with Gasteiger partial charge in [-0.25, -0.2) is 0 Å². The highest BCUT2D eigenvalue weighted by atomic mass is 31.2. The van der Waals surface area contributed by atoms with Crippen molar-refractivity contribution in [2.24, 2.45) is 0 Å². The van der Waals surface area contributed by atoms with E-state index in [9.17, 15) is 14.3 Å². The van der Waals surface area contributed by atoms with Crippen LogP contribution in [0.25, 0.3) is 0 Å². The fourth-order valence-electron chi connectivity index (χ4n) is 5.48. The first-order valence-electron chi connectivity index (χ1n) is 20.6. The molecule has 0 spiro atoms. The van der Waals surface area contributed by atoms with Crippen LogP contribution in [0.4, 0.5) is 0 Å². The van der Waals surface area contributed by atoms with Crippen LogP contribution in [-0.4, -0.2) is 70.7 Å². The zero-order valence-corrected chi connectivity index (χ0v) is 34.2. The van der Waals surface area contributed by atoms with E-state index in [-0.39, 0.29) is 25.8 Å². The van der Waals surface area contributed by atoms with Crippen LogP contribution in [-0.2, 0) is 27.9 Å². The molecule has 0 N–H and O–H groups in total. The number of nitrogens with zero attached hydrogens (tertiary/aromatic N) is 1. The van der Waals surface area contributed by atoms with Gasteiger partial charge in [-0.05, 0) is 64.2 Å². The third-order valence-electron chi connectivity index (χ3n) is 8.73. The Kier molecular flexibility index (Phi) is 34.3. The number of ether oxygens (including phenoxy) is 2. The third-order valence-corrected chi connectivity index (χ3v) is 9.69. The fourth-order valence-corrected chi connectivity index (χ4v) is 6.20. The van der Waals surface area contributed by atoms with Gasteiger partial charge in [0.15, 0.2) is 0 Å². The SMILES string of the molecule is CCCCCC/C=C\CCCCCCCC(=O)OC(COCCCCCCCC/C=C\CCCCCCC)COP(=O)([O-])OCC[N+](C)(C)C. The molecule has 0 amide bonds. The fraction of sp³-hybridized carbons (Fsp3) is 0.878. The highest BCUT2D eigenvalue weighted by Crippen LogP contribution is 2.38. The topological polar surface area (TPSA) is 94.1 Å². The third kappa shape index (κ3) is 38.2. The van der Waals surface area contributed by atoms with E-state index in [4.69, 9.17) is 18.5 Å². The average Bonchev–Trinajstić information content (AvgIpc) is 3.06. The molecule has 0 saturated heterocycles. The molecular formula is C41H80NO7P. The minimum absolute atomic E-state index is 0.0243. The van der Waals surface area contributed by atoms with Gasteiger partial charge in [0.05, 0.1) is 34.4 Å². The van der Waals surface area contributed by atoms with Gasteiger partial charge in [-0.15, -0.1) is 0 Å². The average molecular weight is 730 g/mol. The first-order valence-corrected chi connectivity index (χ1v) is 22.0. The van der Waals surface area contributed by atoms with E-state index < -0.39 is 13.9 Å². The van der Waals surface area contributed by atoms with Crippen molar-refractivity contribution in [3.05, 3.63) is 24.3 Å². The van der Waals surface area contributed by atoms with E-state index in [1.165, 1.54) is 109 Å². The summed E-state index contributed by atoms with van der Waals surface area (Å²) in [4.78, 5) is 25.0. The smallest absolute Gasteiger partial charge is 0.306 e. The monoisotopic (exact) mass is 730 g/mol. The Balaban J connectivity index is 4.28. The summed E-state index contributed by atoms with van der Waals surface area (Å²) in [7, 11) is 1.35. The summed E-state index contributed by atoms with van der Waals surface area (Å²) in [5.74, 6) is -0.346. The van der Waals surface area contributed by atoms with Gasteiger partial charge in [0.25, 0.3) is 7.82 Å². The van der Waals surface area contributed by atoms with Crippen molar-refractivity contribution < 1.29 is 37.3 Å². The van der Waals surface area contributed by atoms with E-state index in [2.05, 4.69) is 38.2 Å². The number of carbonyl (C=O) groups is 1. The molecule has 0 rings (SSSR count). The zero-order valence-electron chi connectivity index (χ0n) is 33.4. The van der Waals surface area contributed by atoms with Crippen molar-refractivity contribution >= 4 is 13.8 Å². The quantitative estimate of drug-likeness (QED) is 0.0205. The van der Waals surface area contributed by atoms with Gasteiger partial charge in [0.1, 0.15) is 19.3 Å². The number of phosphoric ester groups is 1. The lowest BCUT2D eigenvalue weighted by Crippen LogP contribution is -2.37. The largest absolute Gasteiger partial charge is 0.756 e. The van der Waals surface area contributed by atoms with Crippen molar-refractivity contribution in [3.8, 4) is 0 Å². The van der Waals surface area contributed by atoms with E-state index in [1.807, 2.05) is 21.1 Å². The highest BCUT2D eigenvalue weighted by Gasteiger charge is 2.20. The normalized spacial score (nSPS) is 14.1. The number of quaternary nitrogens is 1. The molecule has 50 heavy (non-hydrogen) atoms. The maximum atomic E-state index is 12.6. The zero-order chi connectivity index (χ0) is 37.0. The van der Waals surface area contributed by atoms with E-state index >= 15 is 0 Å². The Morgan fingerprint density at radius 2 is 1.04 bits per heavy atom. The van der Waals surface area contributed by atoms with Crippen molar-refractivity contribution in [3.63, 3.8) is 0 Å². The van der Waals surface area contributed by atoms with Gasteiger partial charge in [-0.1, -0.05) is 128 Å². The molecule has 0 heterocycles. The molecule has 8 nitrogen and oxygen atoms in total. The minimum atomic E-state index is -4.52. The van der Waals surface area contributed by atoms with Gasteiger partial charge in [-0.2, -0.15) is 0 Å². The molecule has 296 valence electrons. The number of hydrogen-bond donors (Lipinski definition) is 0. The Hall–Kier alpha value is -1.02. The second-order valence-electron chi connectivity index (χ2n) is 15.0. The number of carbonyl (C=O) groups excluding carboxylic acids is 1. The van der Waals surface area contributed by atoms with Crippen LogP contribution >= 0.6 is 7.82 Å². The van der Waals surface area contributed by atoms with Gasteiger partial charge in [0.2, 0.25) is 0 Å². The summed E-state index contributed by atoms with van der Waals surface area (Å²) in [6, 6.07) is 0. The maximum Gasteiger partial charge on any atom is 0.306 e. The molecule has 0 bridgehead atoms. The summed E-state index contributed by atoms with van der Waals surface area (Å²) in [5, 5.41) is 0. The first-order chi connectivity index (χ1) is 24.1. The van der Waals surface area contributed by atoms with E-state index in [1.54, 1.807) is 0 Å². The Morgan fingerprint density at radius 1 is 0.600 bits per heavy atom. The number of hydrogen-bond acceptors (Lipinski definition) is 7. The molecule has 0 aliphatic rings. The molecule has 0 fully saturated rings. The van der Waals surface area contributed by atoms with Crippen molar-refractivity contribution in [2.75, 3.05) is 54.1 Å². The lowest BCUT2D eigenvalue weighted by Gasteiger charge is -2.28. The van der Waals surface area contributed by atoms with Gasteiger partial charge in [0, 0.05) is 13.0 Å². The molecule has 0 aromatic heterocycles. The van der Waals surface area contributed by atoms with Crippen molar-refractivity contribution in [1.29, 1.82) is 0 Å². The molecule has 2 atom stereocenters. The number of likely N-dealkylation sites (N-methyl/N-ethyl adjacent to an activating group) is 1. The van der Waals surface area contributed by atoms with E-state index in [0.29, 0.717) is 24.1 Å². The van der Waals surface area contributed by atoms with Crippen LogP contribution in [0.2, 0.25) is 0 Å². The number of rotatable bonds is 38. The molecule has 0 aromatic carbocycles. The number of unbranched alkanes of at least 4 members (excludes halogenated alkanes) is 20. The van der Waals surface area contributed by atoms with E-state index in [0.717, 1.165) is 44.9 Å². The molecular weight excluding hydrogens is 649 g/mol. The van der Waals surface area contributed by atoms with Crippen LogP contribution in [0.3, 0.4) is 0 Å². The van der Waals surface area contributed by atoms with Crippen LogP contribution in [0, 0.1) is 0 Å². The molecule has 9 heteroatoms. The van der Waals surface area contributed by atoms with Gasteiger partial charge in [-0.3, -0.25) is 9.36 Å².